The monoisotopic (exact) mass is 595 g/mol. The Bertz CT molecular complexity index is 1710. The molecule has 0 bridgehead atoms. The molecule has 2 saturated heterocycles. The maximum atomic E-state index is 13.8. The largest absolute Gasteiger partial charge is 0.353 e. The van der Waals surface area contributed by atoms with Crippen molar-refractivity contribution in [1.29, 1.82) is 0 Å². The second-order valence-corrected chi connectivity index (χ2v) is 12.9. The van der Waals surface area contributed by atoms with Gasteiger partial charge >= 0.3 is 0 Å². The van der Waals surface area contributed by atoms with Gasteiger partial charge in [0.2, 0.25) is 21.9 Å². The normalized spacial score (nSPS) is 16.9. The standard InChI is InChI=1S/C26H29N9O4S2/c1-19-23(41(38,39)35-15-13-33(14-16-35)26-28-7-4-8-29-26)22-24(40-19)30-18-34(25(22)37)17-21(36)32-11-9-31(10-12-32)20-5-2-3-6-27-20/h2-8,18H,9-17H2,1H3. The Morgan fingerprint density at radius 3 is 2.24 bits per heavy atom. The van der Waals surface area contributed by atoms with Crippen LogP contribution in [-0.4, -0.2) is 100 Å². The molecule has 6 rings (SSSR count). The van der Waals surface area contributed by atoms with E-state index in [0.717, 1.165) is 5.82 Å². The predicted molar refractivity (Wildman–Crippen MR) is 155 cm³/mol. The molecule has 15 heteroatoms. The molecular weight excluding hydrogens is 566 g/mol. The number of rotatable bonds is 6. The number of hydrogen-bond acceptors (Lipinski definition) is 11. The highest BCUT2D eigenvalue weighted by molar-refractivity contribution is 7.89. The number of thiophene rings is 1. The van der Waals surface area contributed by atoms with Gasteiger partial charge in [-0.1, -0.05) is 6.07 Å². The molecule has 13 nitrogen and oxygen atoms in total. The summed E-state index contributed by atoms with van der Waals surface area (Å²) in [6.45, 7) is 5.04. The minimum absolute atomic E-state index is 0.0230. The van der Waals surface area contributed by atoms with E-state index >= 15 is 0 Å². The number of fused-ring (bicyclic) bond motifs is 1. The smallest absolute Gasteiger partial charge is 0.263 e. The van der Waals surface area contributed by atoms with Gasteiger partial charge in [-0.25, -0.2) is 28.4 Å². The molecule has 214 valence electrons. The Morgan fingerprint density at radius 2 is 1.56 bits per heavy atom. The highest BCUT2D eigenvalue weighted by Gasteiger charge is 2.34. The number of aromatic nitrogens is 5. The predicted octanol–water partition coefficient (Wildman–Crippen LogP) is 0.811. The zero-order valence-electron chi connectivity index (χ0n) is 22.5. The number of carbonyl (C=O) groups is 1. The summed E-state index contributed by atoms with van der Waals surface area (Å²) in [5.74, 6) is 1.20. The van der Waals surface area contributed by atoms with Crippen LogP contribution >= 0.6 is 11.3 Å². The lowest BCUT2D eigenvalue weighted by molar-refractivity contribution is -0.132. The molecule has 0 spiro atoms. The molecule has 0 aromatic carbocycles. The van der Waals surface area contributed by atoms with Crippen LogP contribution in [0.15, 0.2) is 58.9 Å². The fourth-order valence-corrected chi connectivity index (χ4v) is 8.31. The van der Waals surface area contributed by atoms with E-state index in [1.807, 2.05) is 23.1 Å². The fraction of sp³-hybridized carbons (Fsp3) is 0.385. The van der Waals surface area contributed by atoms with Crippen molar-refractivity contribution < 1.29 is 13.2 Å². The molecule has 6 heterocycles. The first-order valence-electron chi connectivity index (χ1n) is 13.3. The van der Waals surface area contributed by atoms with Crippen molar-refractivity contribution in [3.63, 3.8) is 0 Å². The van der Waals surface area contributed by atoms with Crippen LogP contribution in [0.25, 0.3) is 10.2 Å². The van der Waals surface area contributed by atoms with Gasteiger partial charge in [-0.05, 0) is 25.1 Å². The Hall–Kier alpha value is -3.95. The first-order valence-corrected chi connectivity index (χ1v) is 15.5. The number of sulfonamides is 1. The lowest BCUT2D eigenvalue weighted by Gasteiger charge is -2.35. The number of amides is 1. The van der Waals surface area contributed by atoms with E-state index in [2.05, 4.69) is 24.8 Å². The van der Waals surface area contributed by atoms with E-state index in [4.69, 9.17) is 0 Å². The minimum Gasteiger partial charge on any atom is -0.353 e. The summed E-state index contributed by atoms with van der Waals surface area (Å²) in [6, 6.07) is 7.45. The zero-order valence-corrected chi connectivity index (χ0v) is 24.1. The van der Waals surface area contributed by atoms with E-state index in [1.54, 1.807) is 36.5 Å². The lowest BCUT2D eigenvalue weighted by atomic mass is 10.3. The summed E-state index contributed by atoms with van der Waals surface area (Å²) in [4.78, 5) is 50.6. The number of piperazine rings is 2. The third-order valence-electron chi connectivity index (χ3n) is 7.38. The van der Waals surface area contributed by atoms with Gasteiger partial charge in [0.15, 0.2) is 0 Å². The van der Waals surface area contributed by atoms with Gasteiger partial charge in [-0.3, -0.25) is 14.2 Å². The molecule has 4 aromatic heterocycles. The Balaban J connectivity index is 1.19. The van der Waals surface area contributed by atoms with Crippen molar-refractivity contribution in [2.75, 3.05) is 62.2 Å². The van der Waals surface area contributed by atoms with Crippen LogP contribution in [0.2, 0.25) is 0 Å². The van der Waals surface area contributed by atoms with Crippen LogP contribution in [0, 0.1) is 6.92 Å². The van der Waals surface area contributed by atoms with Crippen LogP contribution in [-0.2, 0) is 21.4 Å². The van der Waals surface area contributed by atoms with Crippen molar-refractivity contribution in [3.8, 4) is 0 Å². The van der Waals surface area contributed by atoms with Crippen LogP contribution in [0.5, 0.6) is 0 Å². The second kappa shape index (κ2) is 11.1. The molecule has 0 atom stereocenters. The van der Waals surface area contributed by atoms with Crippen molar-refractivity contribution in [2.45, 2.75) is 18.4 Å². The third kappa shape index (κ3) is 5.27. The molecule has 1 amide bonds. The van der Waals surface area contributed by atoms with Gasteiger partial charge in [0.05, 0.1) is 11.7 Å². The Kier molecular flexibility index (Phi) is 7.40. The molecule has 4 aromatic rings. The summed E-state index contributed by atoms with van der Waals surface area (Å²) in [5, 5.41) is 0.0385. The van der Waals surface area contributed by atoms with Gasteiger partial charge < -0.3 is 14.7 Å². The summed E-state index contributed by atoms with van der Waals surface area (Å²) < 4.78 is 30.3. The SMILES string of the molecule is Cc1sc2ncn(CC(=O)N3CCN(c4ccccn4)CC3)c(=O)c2c1S(=O)(=O)N1CCN(c2ncccn2)CC1. The molecule has 0 saturated carbocycles. The summed E-state index contributed by atoms with van der Waals surface area (Å²) in [5.41, 5.74) is -0.533. The minimum atomic E-state index is -3.99. The van der Waals surface area contributed by atoms with Crippen LogP contribution < -0.4 is 15.4 Å². The highest BCUT2D eigenvalue weighted by Crippen LogP contribution is 2.33. The summed E-state index contributed by atoms with van der Waals surface area (Å²) in [7, 11) is -3.99. The topological polar surface area (TPSA) is 138 Å². The average Bonchev–Trinajstić information content (AvgIpc) is 3.37. The number of aryl methyl sites for hydroxylation is 1. The van der Waals surface area contributed by atoms with Gasteiger partial charge in [0.1, 0.15) is 22.1 Å². The molecular formula is C26H29N9O4S2. The zero-order chi connectivity index (χ0) is 28.6. The third-order valence-corrected chi connectivity index (χ3v) is 10.6. The van der Waals surface area contributed by atoms with E-state index in [1.165, 1.54) is 26.5 Å². The van der Waals surface area contributed by atoms with Gasteiger partial charge in [0, 0.05) is 75.8 Å². The number of nitrogens with zero attached hydrogens (tertiary/aromatic N) is 9. The second-order valence-electron chi connectivity index (χ2n) is 9.84. The van der Waals surface area contributed by atoms with Crippen LogP contribution in [0.3, 0.4) is 0 Å². The average molecular weight is 596 g/mol. The molecule has 2 aliphatic rings. The first kappa shape index (κ1) is 27.2. The van der Waals surface area contributed by atoms with Gasteiger partial charge in [-0.2, -0.15) is 4.31 Å². The first-order chi connectivity index (χ1) is 19.8. The molecule has 0 N–H and O–H groups in total. The lowest BCUT2D eigenvalue weighted by Crippen LogP contribution is -2.50. The van der Waals surface area contributed by atoms with E-state index in [9.17, 15) is 18.0 Å². The van der Waals surface area contributed by atoms with E-state index in [0.29, 0.717) is 54.9 Å². The van der Waals surface area contributed by atoms with Crippen LogP contribution in [0.4, 0.5) is 11.8 Å². The fourth-order valence-electron chi connectivity index (χ4n) is 5.22. The maximum Gasteiger partial charge on any atom is 0.263 e. The molecule has 41 heavy (non-hydrogen) atoms. The molecule has 0 radical (unpaired) electrons. The number of anilines is 2. The maximum absolute atomic E-state index is 13.8. The van der Waals surface area contributed by atoms with E-state index < -0.39 is 15.6 Å². The molecule has 2 aliphatic heterocycles. The summed E-state index contributed by atoms with van der Waals surface area (Å²) in [6.07, 6.45) is 6.37. The van der Waals surface area contributed by atoms with Crippen molar-refractivity contribution in [3.05, 3.63) is 64.4 Å². The molecule has 0 unspecified atom stereocenters. The quantitative estimate of drug-likeness (QED) is 0.315. The van der Waals surface area contributed by atoms with Gasteiger partial charge in [-0.15, -0.1) is 11.3 Å². The van der Waals surface area contributed by atoms with Crippen molar-refractivity contribution in [1.82, 2.24) is 33.7 Å². The summed E-state index contributed by atoms with van der Waals surface area (Å²) >= 11 is 1.17. The number of carbonyl (C=O) groups excluding carboxylic acids is 1. The van der Waals surface area contributed by atoms with Gasteiger partial charge in [0.25, 0.3) is 5.56 Å². The number of pyridine rings is 1. The van der Waals surface area contributed by atoms with Crippen molar-refractivity contribution in [2.24, 2.45) is 0 Å². The van der Waals surface area contributed by atoms with Crippen molar-refractivity contribution >= 4 is 49.3 Å². The number of hydrogen-bond donors (Lipinski definition) is 0. The Labute approximate surface area is 240 Å². The Morgan fingerprint density at radius 1 is 0.878 bits per heavy atom. The molecule has 2 fully saturated rings. The van der Waals surface area contributed by atoms with Crippen LogP contribution in [0.1, 0.15) is 4.88 Å². The highest BCUT2D eigenvalue weighted by atomic mass is 32.2. The molecule has 0 aliphatic carbocycles. The van der Waals surface area contributed by atoms with E-state index in [-0.39, 0.29) is 35.8 Å².